The third-order valence-corrected chi connectivity index (χ3v) is 4.73. The Bertz CT molecular complexity index is 1290. The van der Waals surface area contributed by atoms with Crippen molar-refractivity contribution in [3.63, 3.8) is 0 Å². The Morgan fingerprint density at radius 3 is 2.60 bits per heavy atom. The number of nitrogens with two attached hydrogens (primary N) is 1. The van der Waals surface area contributed by atoms with Gasteiger partial charge in [0, 0.05) is 40.0 Å². The van der Waals surface area contributed by atoms with Gasteiger partial charge < -0.3 is 25.7 Å². The molecule has 7 nitrogen and oxygen atoms in total. The minimum atomic E-state index is -0.165. The van der Waals surface area contributed by atoms with Gasteiger partial charge in [-0.25, -0.2) is 0 Å². The van der Waals surface area contributed by atoms with E-state index in [1.54, 1.807) is 54.6 Å². The van der Waals surface area contributed by atoms with Crippen molar-refractivity contribution >= 4 is 34.3 Å². The third kappa shape index (κ3) is 3.56. The first-order chi connectivity index (χ1) is 14.5. The number of H-pyrrole nitrogens is 1. The predicted octanol–water partition coefficient (Wildman–Crippen LogP) is 4.15. The number of aliphatic imine (C=N–C) groups is 1. The maximum Gasteiger partial charge on any atom is 0.198 e. The summed E-state index contributed by atoms with van der Waals surface area (Å²) in [6.07, 6.45) is 1.49. The average molecular weight is 401 g/mol. The summed E-state index contributed by atoms with van der Waals surface area (Å²) in [5.74, 6) is 0.0866. The third-order valence-electron chi connectivity index (χ3n) is 4.73. The first-order valence-corrected chi connectivity index (χ1v) is 9.12. The molecule has 0 aliphatic heterocycles. The zero-order chi connectivity index (χ0) is 21.3. The van der Waals surface area contributed by atoms with E-state index in [9.17, 15) is 15.0 Å². The highest BCUT2D eigenvalue weighted by molar-refractivity contribution is 6.12. The van der Waals surface area contributed by atoms with Crippen LogP contribution in [0.2, 0.25) is 0 Å². The molecule has 0 aliphatic rings. The highest BCUT2D eigenvalue weighted by Crippen LogP contribution is 2.31. The summed E-state index contributed by atoms with van der Waals surface area (Å²) in [6.45, 7) is 0. The Kier molecular flexibility index (Phi) is 4.85. The van der Waals surface area contributed by atoms with Crippen molar-refractivity contribution in [3.8, 4) is 17.4 Å². The van der Waals surface area contributed by atoms with Crippen LogP contribution in [0.1, 0.15) is 21.5 Å². The minimum absolute atomic E-state index is 0.0278. The van der Waals surface area contributed by atoms with Crippen molar-refractivity contribution < 1.29 is 19.7 Å². The molecule has 0 spiro atoms. The smallest absolute Gasteiger partial charge is 0.198 e. The molecular weight excluding hydrogens is 382 g/mol. The number of nitrogens with zero attached hydrogens (tertiary/aromatic N) is 1. The largest absolute Gasteiger partial charge is 0.504 e. The summed E-state index contributed by atoms with van der Waals surface area (Å²) in [5.41, 5.74) is 8.81. The molecule has 5 N–H and O–H groups in total. The van der Waals surface area contributed by atoms with E-state index in [1.807, 2.05) is 0 Å². The van der Waals surface area contributed by atoms with Crippen molar-refractivity contribution in [1.82, 2.24) is 4.98 Å². The number of aromatic amines is 1. The Morgan fingerprint density at radius 1 is 1.07 bits per heavy atom. The number of nitrogens with one attached hydrogen (secondary N) is 1. The van der Waals surface area contributed by atoms with Crippen LogP contribution in [0.4, 0.5) is 11.4 Å². The van der Waals surface area contributed by atoms with E-state index < -0.39 is 0 Å². The summed E-state index contributed by atoms with van der Waals surface area (Å²) in [5, 5.41) is 20.9. The molecule has 1 heterocycles. The highest BCUT2D eigenvalue weighted by atomic mass is 16.5. The number of nitrogen functional groups attached to an aromatic ring is 1. The lowest BCUT2D eigenvalue weighted by molar-refractivity contribution is 0.103. The fraction of sp³-hybridized carbons (Fsp3) is 0.0435. The van der Waals surface area contributed by atoms with Gasteiger partial charge in [0.2, 0.25) is 0 Å². The topological polar surface area (TPSA) is 121 Å². The van der Waals surface area contributed by atoms with Crippen molar-refractivity contribution in [2.75, 3.05) is 12.8 Å². The van der Waals surface area contributed by atoms with Gasteiger partial charge in [-0.2, -0.15) is 0 Å². The number of hydrogen-bond acceptors (Lipinski definition) is 6. The molecule has 0 aliphatic carbocycles. The first kappa shape index (κ1) is 19.1. The highest BCUT2D eigenvalue weighted by Gasteiger charge is 2.14. The molecule has 0 radical (unpaired) electrons. The van der Waals surface area contributed by atoms with Crippen LogP contribution >= 0.6 is 0 Å². The summed E-state index contributed by atoms with van der Waals surface area (Å²) < 4.78 is 5.01. The zero-order valence-electron chi connectivity index (χ0n) is 16.1. The molecule has 0 fully saturated rings. The van der Waals surface area contributed by atoms with Gasteiger partial charge in [0.25, 0.3) is 0 Å². The van der Waals surface area contributed by atoms with Gasteiger partial charge in [-0.1, -0.05) is 24.3 Å². The number of aromatic nitrogens is 1. The molecule has 0 atom stereocenters. The number of benzene rings is 3. The van der Waals surface area contributed by atoms with Crippen LogP contribution in [0.3, 0.4) is 0 Å². The Labute approximate surface area is 172 Å². The quantitative estimate of drug-likeness (QED) is 0.227. The van der Waals surface area contributed by atoms with Crippen molar-refractivity contribution in [2.24, 2.45) is 4.99 Å². The maximum atomic E-state index is 12.7. The van der Waals surface area contributed by atoms with E-state index in [2.05, 4.69) is 9.98 Å². The van der Waals surface area contributed by atoms with E-state index >= 15 is 0 Å². The molecule has 4 aromatic rings. The summed E-state index contributed by atoms with van der Waals surface area (Å²) in [6, 6.07) is 16.6. The van der Waals surface area contributed by atoms with Gasteiger partial charge in [0.15, 0.2) is 23.2 Å². The van der Waals surface area contributed by atoms with Crippen molar-refractivity contribution in [3.05, 3.63) is 77.4 Å². The molecule has 0 amide bonds. The van der Waals surface area contributed by atoms with E-state index in [4.69, 9.17) is 10.5 Å². The van der Waals surface area contributed by atoms with Crippen LogP contribution in [-0.4, -0.2) is 34.3 Å². The number of hydrogen-bond donors (Lipinski definition) is 4. The summed E-state index contributed by atoms with van der Waals surface area (Å²) in [7, 11) is 1.47. The Balaban J connectivity index is 1.67. The van der Waals surface area contributed by atoms with Crippen molar-refractivity contribution in [1.29, 1.82) is 0 Å². The number of phenolic OH excluding ortho intramolecular Hbond substituents is 1. The van der Waals surface area contributed by atoms with E-state index in [1.165, 1.54) is 19.4 Å². The van der Waals surface area contributed by atoms with E-state index in [-0.39, 0.29) is 17.4 Å². The minimum Gasteiger partial charge on any atom is -0.504 e. The number of aromatic hydroxyl groups is 2. The van der Waals surface area contributed by atoms with Gasteiger partial charge in [-0.05, 0) is 30.3 Å². The number of fused-ring (bicyclic) bond motifs is 1. The fourth-order valence-corrected chi connectivity index (χ4v) is 3.22. The lowest BCUT2D eigenvalue weighted by atomic mass is 10.0. The number of ketones is 1. The van der Waals surface area contributed by atoms with E-state index in [0.717, 1.165) is 0 Å². The normalized spacial score (nSPS) is 11.2. The standard InChI is InChI=1S/C23H19N3O4/c1-30-21-8-6-16(11-20(21)27)25-12-18-17-7-5-14(10-19(17)26-23(18)29)22(28)13-3-2-4-15(24)9-13/h2-12,26-27,29H,24H2,1H3. The Hall–Kier alpha value is -4.26. The molecule has 4 rings (SSSR count). The fourth-order valence-electron chi connectivity index (χ4n) is 3.22. The van der Waals surface area contributed by atoms with Crippen LogP contribution < -0.4 is 10.5 Å². The van der Waals surface area contributed by atoms with Gasteiger partial charge in [0.1, 0.15) is 0 Å². The molecule has 7 heteroatoms. The number of carbonyl (C=O) groups is 1. The van der Waals surface area contributed by atoms with Gasteiger partial charge in [0.05, 0.1) is 18.4 Å². The van der Waals surface area contributed by atoms with Crippen LogP contribution in [0, 0.1) is 0 Å². The lowest BCUT2D eigenvalue weighted by Crippen LogP contribution is -2.01. The van der Waals surface area contributed by atoms with E-state index in [0.29, 0.717) is 44.7 Å². The molecule has 150 valence electrons. The number of methoxy groups -OCH3 is 1. The van der Waals surface area contributed by atoms with Gasteiger partial charge >= 0.3 is 0 Å². The molecular formula is C23H19N3O4. The number of carbonyl (C=O) groups excluding carboxylic acids is 1. The predicted molar refractivity (Wildman–Crippen MR) is 116 cm³/mol. The molecule has 0 bridgehead atoms. The Morgan fingerprint density at radius 2 is 1.87 bits per heavy atom. The molecule has 30 heavy (non-hydrogen) atoms. The molecule has 0 unspecified atom stereocenters. The average Bonchev–Trinajstić information content (AvgIpc) is 3.06. The summed E-state index contributed by atoms with van der Waals surface area (Å²) in [4.78, 5) is 19.9. The van der Waals surface area contributed by atoms with Gasteiger partial charge in [-0.15, -0.1) is 0 Å². The zero-order valence-corrected chi connectivity index (χ0v) is 16.1. The second-order valence-electron chi connectivity index (χ2n) is 6.72. The number of phenols is 1. The SMILES string of the molecule is COc1ccc(N=Cc2c(O)[nH]c3cc(C(=O)c4cccc(N)c4)ccc23)cc1O. The second kappa shape index (κ2) is 7.63. The number of rotatable bonds is 5. The van der Waals surface area contributed by atoms with Crippen LogP contribution in [-0.2, 0) is 0 Å². The van der Waals surface area contributed by atoms with Crippen LogP contribution in [0.15, 0.2) is 65.7 Å². The monoisotopic (exact) mass is 401 g/mol. The maximum absolute atomic E-state index is 12.7. The molecule has 0 saturated carbocycles. The molecule has 0 saturated heterocycles. The number of ether oxygens (including phenoxy) is 1. The van der Waals surface area contributed by atoms with Crippen molar-refractivity contribution in [2.45, 2.75) is 0 Å². The second-order valence-corrected chi connectivity index (χ2v) is 6.72. The van der Waals surface area contributed by atoms with Crippen LogP contribution in [0.5, 0.6) is 17.4 Å². The first-order valence-electron chi connectivity index (χ1n) is 9.12. The molecule has 3 aromatic carbocycles. The van der Waals surface area contributed by atoms with Gasteiger partial charge in [-0.3, -0.25) is 9.79 Å². The van der Waals surface area contributed by atoms with Crippen LogP contribution in [0.25, 0.3) is 10.9 Å². The molecule has 1 aromatic heterocycles. The summed E-state index contributed by atoms with van der Waals surface area (Å²) >= 11 is 0. The number of anilines is 1. The lowest BCUT2D eigenvalue weighted by Gasteiger charge is -2.03.